The Balaban J connectivity index is 0.00000225. The fraction of sp³-hybridized carbons (Fsp3) is 0.444. The van der Waals surface area contributed by atoms with Crippen molar-refractivity contribution in [3.05, 3.63) is 46.1 Å². The van der Waals surface area contributed by atoms with E-state index < -0.39 is 17.8 Å². The van der Waals surface area contributed by atoms with Crippen LogP contribution in [0.1, 0.15) is 37.3 Å². The predicted molar refractivity (Wildman–Crippen MR) is 88.7 cm³/mol. The molecule has 0 saturated heterocycles. The molecule has 1 aromatic rings. The van der Waals surface area contributed by atoms with E-state index in [-0.39, 0.29) is 47.7 Å². The smallest absolute Gasteiger partial charge is 0.550 e. The van der Waals surface area contributed by atoms with Gasteiger partial charge < -0.3 is 9.90 Å². The quantitative estimate of drug-likeness (QED) is 0.508. The monoisotopic (exact) mass is 371 g/mol. The molecule has 1 aromatic carbocycles. The molecule has 4 nitrogen and oxygen atoms in total. The number of nitrogens with zero attached hydrogens (tertiary/aromatic N) is 1. The molecule has 1 fully saturated rings. The number of benzene rings is 1. The average Bonchev–Trinajstić information content (AvgIpc) is 3.36. The average molecular weight is 371 g/mol. The van der Waals surface area contributed by atoms with E-state index >= 15 is 0 Å². The maximum atomic E-state index is 14.3. The summed E-state index contributed by atoms with van der Waals surface area (Å²) < 4.78 is 14.3. The third kappa shape index (κ3) is 4.95. The number of hydrogen-bond donors (Lipinski definition) is 1. The van der Waals surface area contributed by atoms with Crippen LogP contribution in [0.25, 0.3) is 0 Å². The van der Waals surface area contributed by atoms with Gasteiger partial charge in [-0.1, -0.05) is 18.2 Å². The summed E-state index contributed by atoms with van der Waals surface area (Å²) in [6.07, 6.45) is 2.03. The minimum absolute atomic E-state index is 0. The van der Waals surface area contributed by atoms with Crippen molar-refractivity contribution >= 4 is 24.4 Å². The van der Waals surface area contributed by atoms with E-state index in [1.165, 1.54) is 6.07 Å². The van der Waals surface area contributed by atoms with Crippen LogP contribution >= 0.6 is 12.6 Å². The van der Waals surface area contributed by atoms with Crippen LogP contribution in [-0.2, 0) is 9.59 Å². The molecule has 128 valence electrons. The fourth-order valence-electron chi connectivity index (χ4n) is 3.21. The van der Waals surface area contributed by atoms with E-state index in [0.29, 0.717) is 30.6 Å². The summed E-state index contributed by atoms with van der Waals surface area (Å²) in [4.78, 5) is 26.3. The van der Waals surface area contributed by atoms with Gasteiger partial charge in [0.2, 0.25) is 0 Å². The molecule has 1 aliphatic heterocycles. The zero-order valence-electron chi connectivity index (χ0n) is 14.2. The number of aliphatic carboxylic acids is 1. The Labute approximate surface area is 174 Å². The molecule has 0 N–H and O–H groups in total. The third-order valence-electron chi connectivity index (χ3n) is 4.61. The van der Waals surface area contributed by atoms with Gasteiger partial charge in [0, 0.05) is 37.0 Å². The largest absolute Gasteiger partial charge is 1.00 e. The molecule has 1 aliphatic carbocycles. The Bertz CT molecular complexity index is 705. The molecule has 0 spiro atoms. The molecule has 0 amide bonds. The van der Waals surface area contributed by atoms with Crippen molar-refractivity contribution in [3.63, 3.8) is 0 Å². The van der Waals surface area contributed by atoms with Crippen molar-refractivity contribution in [2.45, 2.75) is 31.7 Å². The molecule has 1 heterocycles. The van der Waals surface area contributed by atoms with E-state index in [1.54, 1.807) is 18.2 Å². The molecule has 1 atom stereocenters. The van der Waals surface area contributed by atoms with Gasteiger partial charge in [-0.2, -0.15) is 0 Å². The third-order valence-corrected chi connectivity index (χ3v) is 5.15. The van der Waals surface area contributed by atoms with Gasteiger partial charge in [-0.15, -0.1) is 12.6 Å². The Morgan fingerprint density at radius 2 is 2.00 bits per heavy atom. The van der Waals surface area contributed by atoms with Crippen LogP contribution in [0.15, 0.2) is 34.7 Å². The summed E-state index contributed by atoms with van der Waals surface area (Å²) in [5.41, 5.74) is 0.999. The Kier molecular flexibility index (Phi) is 7.29. The number of thiol groups is 1. The Morgan fingerprint density at radius 3 is 2.60 bits per heavy atom. The van der Waals surface area contributed by atoms with Gasteiger partial charge in [-0.3, -0.25) is 9.69 Å². The summed E-state index contributed by atoms with van der Waals surface area (Å²) in [7, 11) is 0. The van der Waals surface area contributed by atoms with Crippen LogP contribution in [0, 0.1) is 11.7 Å². The van der Waals surface area contributed by atoms with E-state index in [9.17, 15) is 19.1 Å². The van der Waals surface area contributed by atoms with Gasteiger partial charge >= 0.3 is 29.6 Å². The van der Waals surface area contributed by atoms with E-state index in [2.05, 4.69) is 12.6 Å². The first-order valence-electron chi connectivity index (χ1n) is 8.09. The van der Waals surface area contributed by atoms with E-state index in [0.717, 1.165) is 17.7 Å². The van der Waals surface area contributed by atoms with Gasteiger partial charge in [0.05, 0.1) is 6.04 Å². The molecule has 1 unspecified atom stereocenters. The van der Waals surface area contributed by atoms with Crippen molar-refractivity contribution in [1.29, 1.82) is 0 Å². The second kappa shape index (κ2) is 8.82. The van der Waals surface area contributed by atoms with Gasteiger partial charge in [-0.25, -0.2) is 4.39 Å². The predicted octanol–water partition coefficient (Wildman–Crippen LogP) is -1.12. The van der Waals surface area contributed by atoms with E-state index in [1.807, 2.05) is 4.90 Å². The number of hydrogen-bond acceptors (Lipinski definition) is 5. The minimum atomic E-state index is -1.17. The zero-order valence-corrected chi connectivity index (χ0v) is 17.1. The molecular weight excluding hydrogens is 352 g/mol. The van der Waals surface area contributed by atoms with Crippen LogP contribution in [0.4, 0.5) is 4.39 Å². The number of ketones is 1. The molecule has 0 bridgehead atoms. The molecule has 3 rings (SSSR count). The second-order valence-corrected chi connectivity index (χ2v) is 6.96. The number of carbonyl (C=O) groups is 2. The van der Waals surface area contributed by atoms with E-state index in [4.69, 9.17) is 0 Å². The number of carboxylic acids is 1. The number of Topliss-reactive ketones (excluding diaryl/α,β-unsaturated/α-hetero) is 1. The molecule has 0 radical (unpaired) electrons. The van der Waals surface area contributed by atoms with Crippen molar-refractivity contribution in [2.75, 3.05) is 13.1 Å². The van der Waals surface area contributed by atoms with Crippen LogP contribution in [0.5, 0.6) is 0 Å². The number of carbonyl (C=O) groups excluding carboxylic acids is 2. The number of carboxylic acid groups (broad SMARTS) is 1. The molecular formula is C18H19FNNaO3S. The summed E-state index contributed by atoms with van der Waals surface area (Å²) in [6, 6.07) is 5.64. The van der Waals surface area contributed by atoms with Gasteiger partial charge in [0.25, 0.3) is 0 Å². The molecule has 1 saturated carbocycles. The van der Waals surface area contributed by atoms with Crippen molar-refractivity contribution in [3.8, 4) is 0 Å². The van der Waals surface area contributed by atoms with Crippen LogP contribution in [0.2, 0.25) is 0 Å². The van der Waals surface area contributed by atoms with Gasteiger partial charge in [0.1, 0.15) is 5.82 Å². The first-order chi connectivity index (χ1) is 11.5. The Morgan fingerprint density at radius 1 is 1.32 bits per heavy atom. The van der Waals surface area contributed by atoms with Crippen LogP contribution in [0.3, 0.4) is 0 Å². The normalized spacial score (nSPS) is 19.3. The first kappa shape index (κ1) is 20.6. The standard InChI is InChI=1S/C18H20FNO3S.Na/c19-14-4-2-1-3-13(14)17(18(23)11-5-6-11)20-8-7-15(24)12(10-20)9-16(21)22;/h1-4,11,17,24H,5-10H2,(H,21,22);/q;+1/p-1. The fourth-order valence-corrected chi connectivity index (χ4v) is 3.46. The molecule has 7 heteroatoms. The van der Waals surface area contributed by atoms with Crippen molar-refractivity contribution < 1.29 is 48.6 Å². The van der Waals surface area contributed by atoms with Crippen molar-refractivity contribution in [2.24, 2.45) is 5.92 Å². The minimum Gasteiger partial charge on any atom is -0.550 e. The van der Waals surface area contributed by atoms with Gasteiger partial charge in [-0.05, 0) is 35.8 Å². The van der Waals surface area contributed by atoms with Gasteiger partial charge in [0.15, 0.2) is 5.78 Å². The summed E-state index contributed by atoms with van der Waals surface area (Å²) in [6.45, 7) is 0.844. The topological polar surface area (TPSA) is 60.4 Å². The molecule has 2 aliphatic rings. The summed E-state index contributed by atoms with van der Waals surface area (Å²) in [5.74, 6) is -1.57. The maximum absolute atomic E-state index is 14.3. The maximum Gasteiger partial charge on any atom is 1.00 e. The van der Waals surface area contributed by atoms with Crippen LogP contribution < -0.4 is 34.7 Å². The van der Waals surface area contributed by atoms with Crippen molar-refractivity contribution in [1.82, 2.24) is 4.90 Å². The summed E-state index contributed by atoms with van der Waals surface area (Å²) >= 11 is 4.36. The second-order valence-electron chi connectivity index (χ2n) is 6.42. The zero-order chi connectivity index (χ0) is 17.3. The first-order valence-corrected chi connectivity index (χ1v) is 8.54. The number of rotatable bonds is 6. The summed E-state index contributed by atoms with van der Waals surface area (Å²) in [5, 5.41) is 10.9. The number of halogens is 1. The van der Waals surface area contributed by atoms with Crippen LogP contribution in [-0.4, -0.2) is 29.7 Å². The molecule has 25 heavy (non-hydrogen) atoms. The SMILES string of the molecule is O=C([O-])CC1=C(S)CCN(C(C(=O)C2CC2)c2ccccc2F)C1.[Na+]. The Hall–Kier alpha value is -0.660. The molecule has 0 aromatic heterocycles.